The van der Waals surface area contributed by atoms with E-state index in [2.05, 4.69) is 5.32 Å². The van der Waals surface area contributed by atoms with Gasteiger partial charge in [-0.05, 0) is 12.1 Å². The molecule has 1 amide bonds. The molecule has 0 fully saturated rings. The Labute approximate surface area is 109 Å². The molecule has 19 heavy (non-hydrogen) atoms. The Bertz CT molecular complexity index is 525. The van der Waals surface area contributed by atoms with Gasteiger partial charge < -0.3 is 10.4 Å². The molecule has 1 rings (SSSR count). The van der Waals surface area contributed by atoms with Crippen LogP contribution in [0.5, 0.6) is 0 Å². The van der Waals surface area contributed by atoms with Crippen molar-refractivity contribution in [3.8, 4) is 6.07 Å². The van der Waals surface area contributed by atoms with Gasteiger partial charge in [-0.1, -0.05) is 19.1 Å². The van der Waals surface area contributed by atoms with Gasteiger partial charge in [0.25, 0.3) is 5.91 Å². The standard InChI is InChI=1S/C13H13FN2O3/c1-8(6-7-15)11(13(18)19)16-12(17)9-4-2-3-5-10(9)14/h2-5,8,11H,6H2,1H3,(H,16,17)(H,18,19)/t8-,11-/m0/s1. The van der Waals surface area contributed by atoms with Crippen molar-refractivity contribution in [2.75, 3.05) is 0 Å². The van der Waals surface area contributed by atoms with Gasteiger partial charge >= 0.3 is 5.97 Å². The van der Waals surface area contributed by atoms with E-state index >= 15 is 0 Å². The van der Waals surface area contributed by atoms with E-state index in [1.807, 2.05) is 6.07 Å². The summed E-state index contributed by atoms with van der Waals surface area (Å²) in [5, 5.41) is 19.8. The topological polar surface area (TPSA) is 90.2 Å². The second-order valence-corrected chi connectivity index (χ2v) is 4.11. The average Bonchev–Trinajstić information content (AvgIpc) is 2.36. The first-order chi connectivity index (χ1) is 8.97. The van der Waals surface area contributed by atoms with Crippen LogP contribution >= 0.6 is 0 Å². The van der Waals surface area contributed by atoms with Crippen LogP contribution < -0.4 is 5.32 Å². The lowest BCUT2D eigenvalue weighted by Crippen LogP contribution is -2.45. The molecule has 0 heterocycles. The molecule has 5 nitrogen and oxygen atoms in total. The summed E-state index contributed by atoms with van der Waals surface area (Å²) in [6, 6.07) is 5.89. The van der Waals surface area contributed by atoms with Crippen LogP contribution in [-0.4, -0.2) is 23.0 Å². The van der Waals surface area contributed by atoms with Gasteiger partial charge in [-0.15, -0.1) is 0 Å². The predicted octanol–water partition coefficient (Wildman–Crippen LogP) is 1.56. The Morgan fingerprint density at radius 2 is 2.11 bits per heavy atom. The van der Waals surface area contributed by atoms with Gasteiger partial charge in [-0.25, -0.2) is 9.18 Å². The molecule has 0 saturated heterocycles. The zero-order valence-corrected chi connectivity index (χ0v) is 10.3. The van der Waals surface area contributed by atoms with Crippen LogP contribution in [0.25, 0.3) is 0 Å². The molecule has 0 aliphatic heterocycles. The number of carboxylic acid groups (broad SMARTS) is 1. The van der Waals surface area contributed by atoms with E-state index < -0.39 is 29.7 Å². The zero-order chi connectivity index (χ0) is 14.4. The highest BCUT2D eigenvalue weighted by Crippen LogP contribution is 2.11. The molecular formula is C13H13FN2O3. The van der Waals surface area contributed by atoms with E-state index in [1.54, 1.807) is 0 Å². The highest BCUT2D eigenvalue weighted by atomic mass is 19.1. The molecule has 0 spiro atoms. The number of hydrogen-bond donors (Lipinski definition) is 2. The summed E-state index contributed by atoms with van der Waals surface area (Å²) in [6.07, 6.45) is -0.0193. The molecule has 0 bridgehead atoms. The first-order valence-electron chi connectivity index (χ1n) is 5.62. The Hall–Kier alpha value is -2.42. The summed E-state index contributed by atoms with van der Waals surface area (Å²) < 4.78 is 13.4. The minimum atomic E-state index is -1.26. The van der Waals surface area contributed by atoms with Crippen molar-refractivity contribution in [1.82, 2.24) is 5.32 Å². The molecule has 1 aromatic rings. The van der Waals surface area contributed by atoms with Gasteiger partial charge in [-0.2, -0.15) is 5.26 Å². The van der Waals surface area contributed by atoms with Crippen LogP contribution in [0.1, 0.15) is 23.7 Å². The van der Waals surface area contributed by atoms with Crippen LogP contribution in [0, 0.1) is 23.1 Å². The second kappa shape index (κ2) is 6.50. The number of amides is 1. The summed E-state index contributed by atoms with van der Waals surface area (Å²) in [6.45, 7) is 1.53. The summed E-state index contributed by atoms with van der Waals surface area (Å²) in [4.78, 5) is 22.8. The van der Waals surface area contributed by atoms with Gasteiger partial charge in [0.2, 0.25) is 0 Å². The van der Waals surface area contributed by atoms with Crippen LogP contribution in [0.2, 0.25) is 0 Å². The van der Waals surface area contributed by atoms with Crippen molar-refractivity contribution in [1.29, 1.82) is 5.26 Å². The first-order valence-corrected chi connectivity index (χ1v) is 5.62. The van der Waals surface area contributed by atoms with Gasteiger partial charge in [0.05, 0.1) is 11.6 Å². The van der Waals surface area contributed by atoms with E-state index in [0.717, 1.165) is 6.07 Å². The van der Waals surface area contributed by atoms with E-state index in [1.165, 1.54) is 25.1 Å². The van der Waals surface area contributed by atoms with Crippen LogP contribution in [0.4, 0.5) is 4.39 Å². The smallest absolute Gasteiger partial charge is 0.326 e. The maximum Gasteiger partial charge on any atom is 0.326 e. The first kappa shape index (κ1) is 14.6. The van der Waals surface area contributed by atoms with Crippen LogP contribution in [-0.2, 0) is 4.79 Å². The van der Waals surface area contributed by atoms with Crippen molar-refractivity contribution in [2.45, 2.75) is 19.4 Å². The molecule has 6 heteroatoms. The summed E-state index contributed by atoms with van der Waals surface area (Å²) in [5.41, 5.74) is -0.224. The Balaban J connectivity index is 2.87. The zero-order valence-electron chi connectivity index (χ0n) is 10.3. The largest absolute Gasteiger partial charge is 0.480 e. The fourth-order valence-corrected chi connectivity index (χ4v) is 1.57. The molecule has 0 saturated carbocycles. The molecule has 0 radical (unpaired) electrons. The lowest BCUT2D eigenvalue weighted by molar-refractivity contribution is -0.140. The highest BCUT2D eigenvalue weighted by molar-refractivity contribution is 5.96. The number of halogens is 1. The highest BCUT2D eigenvalue weighted by Gasteiger charge is 2.27. The van der Waals surface area contributed by atoms with Gasteiger partial charge in [0.1, 0.15) is 11.9 Å². The number of aliphatic carboxylic acids is 1. The Morgan fingerprint density at radius 1 is 1.47 bits per heavy atom. The van der Waals surface area contributed by atoms with Gasteiger partial charge in [-0.3, -0.25) is 4.79 Å². The normalized spacial score (nSPS) is 13.1. The maximum absolute atomic E-state index is 13.4. The van der Waals surface area contributed by atoms with Crippen molar-refractivity contribution in [3.05, 3.63) is 35.6 Å². The molecule has 0 unspecified atom stereocenters. The monoisotopic (exact) mass is 264 g/mol. The molecule has 2 atom stereocenters. The minimum absolute atomic E-state index is 0.0193. The van der Waals surface area contributed by atoms with E-state index in [-0.39, 0.29) is 12.0 Å². The van der Waals surface area contributed by atoms with E-state index in [4.69, 9.17) is 10.4 Å². The minimum Gasteiger partial charge on any atom is -0.480 e. The fraction of sp³-hybridized carbons (Fsp3) is 0.308. The molecule has 0 aliphatic carbocycles. The third-order valence-corrected chi connectivity index (χ3v) is 2.65. The van der Waals surface area contributed by atoms with Gasteiger partial charge in [0, 0.05) is 12.3 Å². The Kier molecular flexibility index (Phi) is 5.01. The number of nitrogens with one attached hydrogen (secondary N) is 1. The average molecular weight is 264 g/mol. The number of carboxylic acids is 1. The van der Waals surface area contributed by atoms with Crippen molar-refractivity contribution in [3.63, 3.8) is 0 Å². The SMILES string of the molecule is C[C@@H](CC#N)[C@H](NC(=O)c1ccccc1F)C(=O)O. The quantitative estimate of drug-likeness (QED) is 0.844. The number of nitriles is 1. The van der Waals surface area contributed by atoms with Crippen molar-refractivity contribution < 1.29 is 19.1 Å². The lowest BCUT2D eigenvalue weighted by atomic mass is 9.98. The third kappa shape index (κ3) is 3.78. The van der Waals surface area contributed by atoms with Crippen LogP contribution in [0.15, 0.2) is 24.3 Å². The lowest BCUT2D eigenvalue weighted by Gasteiger charge is -2.19. The summed E-state index contributed by atoms with van der Waals surface area (Å²) >= 11 is 0. The molecular weight excluding hydrogens is 251 g/mol. The molecule has 0 aromatic heterocycles. The summed E-state index contributed by atoms with van der Waals surface area (Å²) in [5.74, 6) is -3.36. The molecule has 0 aliphatic rings. The fourth-order valence-electron chi connectivity index (χ4n) is 1.57. The predicted molar refractivity (Wildman–Crippen MR) is 64.7 cm³/mol. The number of carbonyl (C=O) groups excluding carboxylic acids is 1. The number of hydrogen-bond acceptors (Lipinski definition) is 3. The van der Waals surface area contributed by atoms with E-state index in [9.17, 15) is 14.0 Å². The number of benzene rings is 1. The maximum atomic E-state index is 13.4. The second-order valence-electron chi connectivity index (χ2n) is 4.11. The van der Waals surface area contributed by atoms with Crippen molar-refractivity contribution >= 4 is 11.9 Å². The van der Waals surface area contributed by atoms with Crippen LogP contribution in [0.3, 0.4) is 0 Å². The number of nitrogens with zero attached hydrogens (tertiary/aromatic N) is 1. The van der Waals surface area contributed by atoms with Crippen molar-refractivity contribution in [2.24, 2.45) is 5.92 Å². The third-order valence-electron chi connectivity index (χ3n) is 2.65. The molecule has 100 valence electrons. The molecule has 2 N–H and O–H groups in total. The number of carbonyl (C=O) groups is 2. The summed E-state index contributed by atoms with van der Waals surface area (Å²) in [7, 11) is 0. The van der Waals surface area contributed by atoms with Gasteiger partial charge in [0.15, 0.2) is 0 Å². The number of rotatable bonds is 5. The molecule has 1 aromatic carbocycles. The Morgan fingerprint density at radius 3 is 2.63 bits per heavy atom. The van der Waals surface area contributed by atoms with E-state index in [0.29, 0.717) is 0 Å².